The van der Waals surface area contributed by atoms with Gasteiger partial charge in [0.25, 0.3) is 0 Å². The lowest BCUT2D eigenvalue weighted by molar-refractivity contribution is -0.152. The Bertz CT molecular complexity index is 230. The first-order chi connectivity index (χ1) is 8.18. The molecule has 0 saturated heterocycles. The molecule has 0 heterocycles. The molecule has 1 fully saturated rings. The number of carbonyl (C=O) groups excluding carboxylic acids is 1. The van der Waals surface area contributed by atoms with Gasteiger partial charge in [-0.3, -0.25) is 4.79 Å². The van der Waals surface area contributed by atoms with Crippen LogP contribution in [-0.2, 0) is 9.53 Å². The van der Waals surface area contributed by atoms with Crippen LogP contribution in [0.1, 0.15) is 59.3 Å². The maximum absolute atomic E-state index is 12.2. The fraction of sp³-hybridized carbons (Fsp3) is 0.929. The van der Waals surface area contributed by atoms with Crippen LogP contribution in [-0.4, -0.2) is 24.7 Å². The summed E-state index contributed by atoms with van der Waals surface area (Å²) in [6.45, 7) is 7.57. The Kier molecular flexibility index (Phi) is 5.96. The van der Waals surface area contributed by atoms with Gasteiger partial charge in [0.05, 0.1) is 6.61 Å². The average molecular weight is 241 g/mol. The maximum atomic E-state index is 12.2. The average Bonchev–Trinajstić information content (AvgIpc) is 3.10. The van der Waals surface area contributed by atoms with Crippen molar-refractivity contribution in [2.45, 2.75) is 64.8 Å². The number of rotatable bonds is 9. The van der Waals surface area contributed by atoms with E-state index >= 15 is 0 Å². The Morgan fingerprint density at radius 3 is 2.24 bits per heavy atom. The second-order valence-electron chi connectivity index (χ2n) is 5.13. The second-order valence-corrected chi connectivity index (χ2v) is 5.13. The van der Waals surface area contributed by atoms with Crippen LogP contribution < -0.4 is 5.32 Å². The molecule has 0 aromatic heterocycles. The van der Waals surface area contributed by atoms with Gasteiger partial charge in [-0.05, 0) is 45.1 Å². The molecule has 1 saturated carbocycles. The Hall–Kier alpha value is -0.570. The number of hydrogen-bond donors (Lipinski definition) is 1. The Morgan fingerprint density at radius 1 is 1.24 bits per heavy atom. The van der Waals surface area contributed by atoms with E-state index in [-0.39, 0.29) is 5.97 Å². The van der Waals surface area contributed by atoms with Crippen LogP contribution in [0.5, 0.6) is 0 Å². The Balaban J connectivity index is 2.64. The molecule has 3 heteroatoms. The zero-order chi connectivity index (χ0) is 12.7. The quantitative estimate of drug-likeness (QED) is 0.631. The van der Waals surface area contributed by atoms with Crippen LogP contribution in [0.25, 0.3) is 0 Å². The van der Waals surface area contributed by atoms with Gasteiger partial charge in [-0.15, -0.1) is 0 Å². The third-order valence-electron chi connectivity index (χ3n) is 3.45. The van der Waals surface area contributed by atoms with E-state index in [0.717, 1.165) is 38.1 Å². The zero-order valence-electron chi connectivity index (χ0n) is 11.6. The number of ether oxygens (including phenoxy) is 1. The van der Waals surface area contributed by atoms with E-state index in [4.69, 9.17) is 4.74 Å². The monoisotopic (exact) mass is 241 g/mol. The van der Waals surface area contributed by atoms with Crippen molar-refractivity contribution in [3.63, 3.8) is 0 Å². The molecule has 100 valence electrons. The van der Waals surface area contributed by atoms with Crippen molar-refractivity contribution in [3.8, 4) is 0 Å². The summed E-state index contributed by atoms with van der Waals surface area (Å²) in [6.07, 6.45) is 6.40. The molecule has 0 amide bonds. The minimum absolute atomic E-state index is 0.0515. The summed E-state index contributed by atoms with van der Waals surface area (Å²) in [5, 5.41) is 3.51. The minimum atomic E-state index is -0.428. The van der Waals surface area contributed by atoms with E-state index in [1.54, 1.807) is 0 Å². The van der Waals surface area contributed by atoms with Gasteiger partial charge in [-0.1, -0.05) is 26.7 Å². The molecule has 0 bridgehead atoms. The number of esters is 1. The molecule has 0 aromatic carbocycles. The molecular formula is C14H27NO2. The zero-order valence-corrected chi connectivity index (χ0v) is 11.6. The molecule has 0 unspecified atom stereocenters. The highest BCUT2D eigenvalue weighted by Gasteiger charge is 2.39. The molecule has 1 aliphatic carbocycles. The standard InChI is InChI=1S/C14H27NO2/c1-4-9-14(10-5-2,13(16)17-6-3)15-11-12-7-8-12/h12,15H,4-11H2,1-3H3. The van der Waals surface area contributed by atoms with Gasteiger partial charge in [-0.25, -0.2) is 0 Å². The minimum Gasteiger partial charge on any atom is -0.465 e. The van der Waals surface area contributed by atoms with Crippen LogP contribution in [0.15, 0.2) is 0 Å². The SMILES string of the molecule is CCCC(CCC)(NCC1CC1)C(=O)OCC. The number of hydrogen-bond acceptors (Lipinski definition) is 3. The summed E-state index contributed by atoms with van der Waals surface area (Å²) >= 11 is 0. The summed E-state index contributed by atoms with van der Waals surface area (Å²) in [5.41, 5.74) is -0.428. The predicted molar refractivity (Wildman–Crippen MR) is 69.9 cm³/mol. The predicted octanol–water partition coefficient (Wildman–Crippen LogP) is 2.89. The highest BCUT2D eigenvalue weighted by atomic mass is 16.5. The molecule has 0 radical (unpaired) electrons. The van der Waals surface area contributed by atoms with Crippen LogP contribution >= 0.6 is 0 Å². The van der Waals surface area contributed by atoms with Gasteiger partial charge >= 0.3 is 5.97 Å². The van der Waals surface area contributed by atoms with Crippen LogP contribution in [0.2, 0.25) is 0 Å². The molecular weight excluding hydrogens is 214 g/mol. The molecule has 0 atom stereocenters. The Labute approximate surface area is 105 Å². The van der Waals surface area contributed by atoms with Gasteiger partial charge in [-0.2, -0.15) is 0 Å². The lowest BCUT2D eigenvalue weighted by Crippen LogP contribution is -2.53. The normalized spacial score (nSPS) is 15.9. The van der Waals surface area contributed by atoms with Gasteiger partial charge in [0.2, 0.25) is 0 Å². The van der Waals surface area contributed by atoms with Crippen molar-refractivity contribution < 1.29 is 9.53 Å². The molecule has 17 heavy (non-hydrogen) atoms. The molecule has 0 aromatic rings. The molecule has 3 nitrogen and oxygen atoms in total. The van der Waals surface area contributed by atoms with Crippen LogP contribution in [0.4, 0.5) is 0 Å². The molecule has 0 aliphatic heterocycles. The third-order valence-corrected chi connectivity index (χ3v) is 3.45. The molecule has 1 N–H and O–H groups in total. The van der Waals surface area contributed by atoms with E-state index in [1.807, 2.05) is 6.92 Å². The van der Waals surface area contributed by atoms with Crippen molar-refractivity contribution in [1.29, 1.82) is 0 Å². The fourth-order valence-corrected chi connectivity index (χ4v) is 2.36. The van der Waals surface area contributed by atoms with E-state index in [0.29, 0.717) is 6.61 Å². The van der Waals surface area contributed by atoms with Crippen molar-refractivity contribution in [2.75, 3.05) is 13.2 Å². The lowest BCUT2D eigenvalue weighted by Gasteiger charge is -2.32. The topological polar surface area (TPSA) is 38.3 Å². The third kappa shape index (κ3) is 4.30. The Morgan fingerprint density at radius 2 is 1.82 bits per heavy atom. The smallest absolute Gasteiger partial charge is 0.326 e. The summed E-state index contributed by atoms with van der Waals surface area (Å²) in [4.78, 5) is 12.2. The van der Waals surface area contributed by atoms with E-state index in [9.17, 15) is 4.79 Å². The maximum Gasteiger partial charge on any atom is 0.326 e. The van der Waals surface area contributed by atoms with Crippen molar-refractivity contribution in [2.24, 2.45) is 5.92 Å². The van der Waals surface area contributed by atoms with Gasteiger partial charge in [0.1, 0.15) is 5.54 Å². The summed E-state index contributed by atoms with van der Waals surface area (Å²) in [7, 11) is 0. The highest BCUT2D eigenvalue weighted by molar-refractivity contribution is 5.80. The van der Waals surface area contributed by atoms with E-state index < -0.39 is 5.54 Å². The lowest BCUT2D eigenvalue weighted by atomic mass is 9.88. The molecule has 0 spiro atoms. The van der Waals surface area contributed by atoms with Crippen molar-refractivity contribution in [3.05, 3.63) is 0 Å². The molecule has 1 rings (SSSR count). The highest BCUT2D eigenvalue weighted by Crippen LogP contribution is 2.30. The largest absolute Gasteiger partial charge is 0.465 e. The fourth-order valence-electron chi connectivity index (χ4n) is 2.36. The first-order valence-electron chi connectivity index (χ1n) is 7.10. The first kappa shape index (κ1) is 14.5. The van der Waals surface area contributed by atoms with Crippen LogP contribution in [0, 0.1) is 5.92 Å². The van der Waals surface area contributed by atoms with Gasteiger partial charge in [0.15, 0.2) is 0 Å². The summed E-state index contributed by atoms with van der Waals surface area (Å²) in [5.74, 6) is 0.738. The van der Waals surface area contributed by atoms with Crippen LogP contribution in [0.3, 0.4) is 0 Å². The number of nitrogens with one attached hydrogen (secondary N) is 1. The van der Waals surface area contributed by atoms with Crippen molar-refractivity contribution in [1.82, 2.24) is 5.32 Å². The molecule has 1 aliphatic rings. The number of carbonyl (C=O) groups is 1. The van der Waals surface area contributed by atoms with E-state index in [2.05, 4.69) is 19.2 Å². The van der Waals surface area contributed by atoms with Crippen molar-refractivity contribution >= 4 is 5.97 Å². The van der Waals surface area contributed by atoms with Gasteiger partial charge < -0.3 is 10.1 Å². The first-order valence-corrected chi connectivity index (χ1v) is 7.10. The van der Waals surface area contributed by atoms with Gasteiger partial charge in [0, 0.05) is 0 Å². The van der Waals surface area contributed by atoms with E-state index in [1.165, 1.54) is 12.8 Å². The summed E-state index contributed by atoms with van der Waals surface area (Å²) in [6, 6.07) is 0. The summed E-state index contributed by atoms with van der Waals surface area (Å²) < 4.78 is 5.26. The second kappa shape index (κ2) is 7.00.